The number of amides is 2. The molecule has 2 aromatic carbocycles. The van der Waals surface area contributed by atoms with E-state index in [2.05, 4.69) is 0 Å². The van der Waals surface area contributed by atoms with Crippen molar-refractivity contribution < 1.29 is 14.0 Å². The van der Waals surface area contributed by atoms with E-state index in [1.807, 2.05) is 40.1 Å². The van der Waals surface area contributed by atoms with Crippen molar-refractivity contribution in [2.24, 2.45) is 0 Å². The SMILES string of the molecule is O=C(CCc1ccc(F)cc1)N1CCCN(C(=O)c2ccccc2)CC1. The zero-order valence-corrected chi connectivity index (χ0v) is 14.7. The van der Waals surface area contributed by atoms with Gasteiger partial charge in [0.15, 0.2) is 0 Å². The Morgan fingerprint density at radius 3 is 2.23 bits per heavy atom. The molecule has 0 spiro atoms. The highest BCUT2D eigenvalue weighted by atomic mass is 19.1. The quantitative estimate of drug-likeness (QED) is 0.846. The molecule has 1 heterocycles. The van der Waals surface area contributed by atoms with E-state index in [0.717, 1.165) is 12.0 Å². The molecule has 0 aromatic heterocycles. The first kappa shape index (κ1) is 18.1. The molecule has 0 aliphatic carbocycles. The van der Waals surface area contributed by atoms with E-state index in [9.17, 15) is 14.0 Å². The van der Waals surface area contributed by atoms with Crippen LogP contribution in [-0.4, -0.2) is 47.8 Å². The normalized spacial score (nSPS) is 14.8. The molecule has 0 radical (unpaired) electrons. The van der Waals surface area contributed by atoms with Gasteiger partial charge in [-0.05, 0) is 42.7 Å². The Bertz CT molecular complexity index is 746. The highest BCUT2D eigenvalue weighted by Crippen LogP contribution is 2.12. The molecule has 1 fully saturated rings. The van der Waals surface area contributed by atoms with Crippen molar-refractivity contribution in [2.75, 3.05) is 26.2 Å². The Labute approximate surface area is 153 Å². The summed E-state index contributed by atoms with van der Waals surface area (Å²) in [6, 6.07) is 15.5. The predicted octanol–water partition coefficient (Wildman–Crippen LogP) is 3.13. The lowest BCUT2D eigenvalue weighted by atomic mass is 10.1. The van der Waals surface area contributed by atoms with E-state index < -0.39 is 0 Å². The molecular formula is C21H23FN2O2. The fourth-order valence-electron chi connectivity index (χ4n) is 3.19. The lowest BCUT2D eigenvalue weighted by molar-refractivity contribution is -0.131. The van der Waals surface area contributed by atoms with Gasteiger partial charge >= 0.3 is 0 Å². The number of hydrogen-bond acceptors (Lipinski definition) is 2. The third kappa shape index (κ3) is 4.69. The van der Waals surface area contributed by atoms with Crippen LogP contribution in [0.2, 0.25) is 0 Å². The fourth-order valence-corrected chi connectivity index (χ4v) is 3.19. The van der Waals surface area contributed by atoms with Gasteiger partial charge in [-0.25, -0.2) is 4.39 Å². The van der Waals surface area contributed by atoms with E-state index in [0.29, 0.717) is 44.6 Å². The van der Waals surface area contributed by atoms with E-state index >= 15 is 0 Å². The lowest BCUT2D eigenvalue weighted by Crippen LogP contribution is -2.37. The first-order valence-electron chi connectivity index (χ1n) is 9.00. The second-order valence-electron chi connectivity index (χ2n) is 6.52. The molecule has 3 rings (SSSR count). The predicted molar refractivity (Wildman–Crippen MR) is 98.3 cm³/mol. The van der Waals surface area contributed by atoms with E-state index in [4.69, 9.17) is 0 Å². The van der Waals surface area contributed by atoms with Gasteiger partial charge in [-0.1, -0.05) is 30.3 Å². The lowest BCUT2D eigenvalue weighted by Gasteiger charge is -2.22. The minimum Gasteiger partial charge on any atom is -0.341 e. The molecule has 26 heavy (non-hydrogen) atoms. The smallest absolute Gasteiger partial charge is 0.253 e. The molecule has 4 nitrogen and oxygen atoms in total. The standard InChI is InChI=1S/C21H23FN2O2/c22-19-10-7-17(8-11-19)9-12-20(25)23-13-4-14-24(16-15-23)21(26)18-5-2-1-3-6-18/h1-3,5-8,10-11H,4,9,12-16H2. The molecule has 1 saturated heterocycles. The maximum absolute atomic E-state index is 12.9. The molecule has 0 N–H and O–H groups in total. The molecule has 0 atom stereocenters. The van der Waals surface area contributed by atoms with Gasteiger partial charge in [0.25, 0.3) is 5.91 Å². The van der Waals surface area contributed by atoms with Crippen molar-refractivity contribution in [3.8, 4) is 0 Å². The molecule has 2 aromatic rings. The third-order valence-electron chi connectivity index (χ3n) is 4.70. The summed E-state index contributed by atoms with van der Waals surface area (Å²) < 4.78 is 12.9. The first-order valence-corrected chi connectivity index (χ1v) is 9.00. The molecular weight excluding hydrogens is 331 g/mol. The van der Waals surface area contributed by atoms with Crippen molar-refractivity contribution in [1.82, 2.24) is 9.80 Å². The number of carbonyl (C=O) groups is 2. The monoisotopic (exact) mass is 354 g/mol. The van der Waals surface area contributed by atoms with Gasteiger partial charge < -0.3 is 9.80 Å². The number of nitrogens with zero attached hydrogens (tertiary/aromatic N) is 2. The Kier molecular flexibility index (Phi) is 6.00. The van der Waals surface area contributed by atoms with Gasteiger partial charge in [0.1, 0.15) is 5.82 Å². The summed E-state index contributed by atoms with van der Waals surface area (Å²) in [6.45, 7) is 2.44. The summed E-state index contributed by atoms with van der Waals surface area (Å²) in [6.07, 6.45) is 1.78. The van der Waals surface area contributed by atoms with Gasteiger partial charge in [-0.15, -0.1) is 0 Å². The number of hydrogen-bond donors (Lipinski definition) is 0. The Morgan fingerprint density at radius 2 is 1.50 bits per heavy atom. The Morgan fingerprint density at radius 1 is 0.846 bits per heavy atom. The molecule has 136 valence electrons. The van der Waals surface area contributed by atoms with Crippen molar-refractivity contribution in [3.05, 3.63) is 71.5 Å². The van der Waals surface area contributed by atoms with Gasteiger partial charge in [0.05, 0.1) is 0 Å². The maximum Gasteiger partial charge on any atom is 0.253 e. The number of aryl methyl sites for hydroxylation is 1. The van der Waals surface area contributed by atoms with Crippen LogP contribution in [0.4, 0.5) is 4.39 Å². The molecule has 1 aliphatic heterocycles. The van der Waals surface area contributed by atoms with Crippen LogP contribution in [0.15, 0.2) is 54.6 Å². The number of carbonyl (C=O) groups excluding carboxylic acids is 2. The highest BCUT2D eigenvalue weighted by Gasteiger charge is 2.22. The van der Waals surface area contributed by atoms with Crippen molar-refractivity contribution >= 4 is 11.8 Å². The molecule has 1 aliphatic rings. The first-order chi connectivity index (χ1) is 12.6. The third-order valence-corrected chi connectivity index (χ3v) is 4.70. The average molecular weight is 354 g/mol. The largest absolute Gasteiger partial charge is 0.341 e. The second kappa shape index (κ2) is 8.61. The second-order valence-corrected chi connectivity index (χ2v) is 6.52. The number of rotatable bonds is 4. The van der Waals surface area contributed by atoms with Crippen LogP contribution < -0.4 is 0 Å². The summed E-state index contributed by atoms with van der Waals surface area (Å²) >= 11 is 0. The Hall–Kier alpha value is -2.69. The molecule has 0 unspecified atom stereocenters. The van der Waals surface area contributed by atoms with Crippen LogP contribution >= 0.6 is 0 Å². The van der Waals surface area contributed by atoms with E-state index in [1.165, 1.54) is 12.1 Å². The molecule has 5 heteroatoms. The summed E-state index contributed by atoms with van der Waals surface area (Å²) in [5.41, 5.74) is 1.64. The van der Waals surface area contributed by atoms with E-state index in [1.54, 1.807) is 12.1 Å². The van der Waals surface area contributed by atoms with E-state index in [-0.39, 0.29) is 17.6 Å². The zero-order valence-electron chi connectivity index (χ0n) is 14.7. The van der Waals surface area contributed by atoms with Crippen LogP contribution in [0.5, 0.6) is 0 Å². The highest BCUT2D eigenvalue weighted by molar-refractivity contribution is 5.94. The average Bonchev–Trinajstić information content (AvgIpc) is 2.94. The van der Waals surface area contributed by atoms with Crippen LogP contribution in [0.25, 0.3) is 0 Å². The topological polar surface area (TPSA) is 40.6 Å². The summed E-state index contributed by atoms with van der Waals surface area (Å²) in [5.74, 6) is -0.162. The van der Waals surface area contributed by atoms with Crippen molar-refractivity contribution in [3.63, 3.8) is 0 Å². The summed E-state index contributed by atoms with van der Waals surface area (Å²) in [7, 11) is 0. The van der Waals surface area contributed by atoms with Crippen molar-refractivity contribution in [2.45, 2.75) is 19.3 Å². The van der Waals surface area contributed by atoms with Gasteiger partial charge in [-0.2, -0.15) is 0 Å². The number of benzene rings is 2. The molecule has 2 amide bonds. The van der Waals surface area contributed by atoms with Crippen LogP contribution in [0, 0.1) is 5.82 Å². The van der Waals surface area contributed by atoms with Gasteiger partial charge in [-0.3, -0.25) is 9.59 Å². The minimum atomic E-state index is -0.268. The van der Waals surface area contributed by atoms with Gasteiger partial charge in [0, 0.05) is 38.2 Å². The summed E-state index contributed by atoms with van der Waals surface area (Å²) in [4.78, 5) is 28.7. The van der Waals surface area contributed by atoms with Crippen molar-refractivity contribution in [1.29, 1.82) is 0 Å². The zero-order chi connectivity index (χ0) is 18.4. The van der Waals surface area contributed by atoms with Crippen LogP contribution in [0.3, 0.4) is 0 Å². The molecule has 0 bridgehead atoms. The fraction of sp³-hybridized carbons (Fsp3) is 0.333. The van der Waals surface area contributed by atoms with Gasteiger partial charge in [0.2, 0.25) is 5.91 Å². The van der Waals surface area contributed by atoms with Crippen LogP contribution in [0.1, 0.15) is 28.8 Å². The maximum atomic E-state index is 12.9. The summed E-state index contributed by atoms with van der Waals surface area (Å²) in [5, 5.41) is 0. The minimum absolute atomic E-state index is 0.0196. The van der Waals surface area contributed by atoms with Crippen LogP contribution in [-0.2, 0) is 11.2 Å². The molecule has 0 saturated carbocycles. The number of halogens is 1. The Balaban J connectivity index is 1.52.